The van der Waals surface area contributed by atoms with Gasteiger partial charge in [-0.15, -0.1) is 0 Å². The SMILES string of the molecule is CC.CC1CCCCCCC1.O=C(OCc1ccccc1)c1c(F)c(F)c(O)c(F)c1F. The van der Waals surface area contributed by atoms with Gasteiger partial charge in [0.15, 0.2) is 17.4 Å². The number of phenols is 1. The van der Waals surface area contributed by atoms with Crippen LogP contribution in [0.15, 0.2) is 30.3 Å². The number of aromatic hydroxyl groups is 1. The molecule has 0 atom stereocenters. The normalized spacial score (nSPS) is 14.1. The van der Waals surface area contributed by atoms with Gasteiger partial charge in [-0.3, -0.25) is 0 Å². The summed E-state index contributed by atoms with van der Waals surface area (Å²) in [6, 6.07) is 8.15. The van der Waals surface area contributed by atoms with Gasteiger partial charge in [0.05, 0.1) is 0 Å². The summed E-state index contributed by atoms with van der Waals surface area (Å²) in [5, 5.41) is 8.80. The molecule has 7 heteroatoms. The third kappa shape index (κ3) is 8.17. The predicted molar refractivity (Wildman–Crippen MR) is 116 cm³/mol. The van der Waals surface area contributed by atoms with Crippen molar-refractivity contribution in [3.05, 3.63) is 64.7 Å². The predicted octanol–water partition coefficient (Wildman–Crippen LogP) is 7.70. The maximum absolute atomic E-state index is 13.4. The molecule has 32 heavy (non-hydrogen) atoms. The molecule has 2 aromatic rings. The second-order valence-corrected chi connectivity index (χ2v) is 7.49. The number of carbonyl (C=O) groups is 1. The van der Waals surface area contributed by atoms with Crippen molar-refractivity contribution in [3.63, 3.8) is 0 Å². The molecule has 3 rings (SSSR count). The van der Waals surface area contributed by atoms with Crippen LogP contribution in [-0.4, -0.2) is 11.1 Å². The molecule has 0 radical (unpaired) electrons. The number of halogens is 4. The average Bonchev–Trinajstić information content (AvgIpc) is 2.80. The van der Waals surface area contributed by atoms with Gasteiger partial charge in [0.25, 0.3) is 0 Å². The maximum Gasteiger partial charge on any atom is 0.344 e. The smallest absolute Gasteiger partial charge is 0.344 e. The second kappa shape index (κ2) is 14.5. The van der Waals surface area contributed by atoms with Crippen molar-refractivity contribution in [3.8, 4) is 5.75 Å². The van der Waals surface area contributed by atoms with E-state index in [2.05, 4.69) is 11.7 Å². The summed E-state index contributed by atoms with van der Waals surface area (Å²) in [6.45, 7) is 6.06. The van der Waals surface area contributed by atoms with Crippen molar-refractivity contribution >= 4 is 5.97 Å². The van der Waals surface area contributed by atoms with Crippen LogP contribution in [0.2, 0.25) is 0 Å². The minimum Gasteiger partial charge on any atom is -0.503 e. The molecule has 0 aliphatic heterocycles. The van der Waals surface area contributed by atoms with E-state index in [4.69, 9.17) is 5.11 Å². The van der Waals surface area contributed by atoms with Gasteiger partial charge < -0.3 is 9.84 Å². The molecule has 1 fully saturated rings. The first-order valence-corrected chi connectivity index (χ1v) is 11.1. The lowest BCUT2D eigenvalue weighted by Crippen LogP contribution is -2.13. The highest BCUT2D eigenvalue weighted by Crippen LogP contribution is 2.29. The molecular formula is C25H32F4O3. The molecular weight excluding hydrogens is 424 g/mol. The molecule has 2 aromatic carbocycles. The minimum absolute atomic E-state index is 0.331. The van der Waals surface area contributed by atoms with Crippen molar-refractivity contribution in [1.29, 1.82) is 0 Å². The van der Waals surface area contributed by atoms with E-state index in [0.717, 1.165) is 5.92 Å². The Kier molecular flexibility index (Phi) is 12.4. The fourth-order valence-electron chi connectivity index (χ4n) is 3.25. The molecule has 0 unspecified atom stereocenters. The summed E-state index contributed by atoms with van der Waals surface area (Å²) in [5.74, 6) is -10.5. The number of hydrogen-bond donors (Lipinski definition) is 1. The van der Waals surface area contributed by atoms with E-state index in [9.17, 15) is 22.4 Å². The van der Waals surface area contributed by atoms with E-state index in [1.807, 2.05) is 13.8 Å². The van der Waals surface area contributed by atoms with Crippen LogP contribution in [0.3, 0.4) is 0 Å². The Labute approximate surface area is 187 Å². The monoisotopic (exact) mass is 456 g/mol. The summed E-state index contributed by atoms with van der Waals surface area (Å²) < 4.78 is 57.7. The third-order valence-electron chi connectivity index (χ3n) is 5.05. The zero-order chi connectivity index (χ0) is 24.1. The van der Waals surface area contributed by atoms with Gasteiger partial charge in [0.1, 0.15) is 12.2 Å². The Morgan fingerprint density at radius 2 is 1.34 bits per heavy atom. The Balaban J connectivity index is 0.000000388. The molecule has 0 bridgehead atoms. The highest BCUT2D eigenvalue weighted by Gasteiger charge is 2.30. The number of phenolic OH excluding ortho intramolecular Hbond substituents is 1. The van der Waals surface area contributed by atoms with E-state index in [0.29, 0.717) is 5.56 Å². The maximum atomic E-state index is 13.4. The number of carbonyl (C=O) groups excluding carboxylic acids is 1. The van der Waals surface area contributed by atoms with Crippen molar-refractivity contribution in [2.24, 2.45) is 5.92 Å². The quantitative estimate of drug-likeness (QED) is 0.292. The highest BCUT2D eigenvalue weighted by molar-refractivity contribution is 5.90. The van der Waals surface area contributed by atoms with E-state index in [1.165, 1.54) is 44.9 Å². The average molecular weight is 457 g/mol. The van der Waals surface area contributed by atoms with Crippen LogP contribution in [0.5, 0.6) is 5.75 Å². The Hall–Kier alpha value is -2.57. The van der Waals surface area contributed by atoms with Crippen molar-refractivity contribution in [2.75, 3.05) is 0 Å². The van der Waals surface area contributed by atoms with Crippen molar-refractivity contribution < 1.29 is 32.2 Å². The van der Waals surface area contributed by atoms with Crippen molar-refractivity contribution in [1.82, 2.24) is 0 Å². The summed E-state index contributed by atoms with van der Waals surface area (Å²) in [6.07, 6.45) is 10.4. The molecule has 0 heterocycles. The van der Waals surface area contributed by atoms with Gasteiger partial charge in [-0.05, 0) is 11.5 Å². The highest BCUT2D eigenvalue weighted by atomic mass is 19.2. The van der Waals surface area contributed by atoms with Crippen LogP contribution in [0.1, 0.15) is 81.6 Å². The number of ether oxygens (including phenoxy) is 1. The zero-order valence-electron chi connectivity index (χ0n) is 18.9. The second-order valence-electron chi connectivity index (χ2n) is 7.49. The van der Waals surface area contributed by atoms with Gasteiger partial charge in [0, 0.05) is 0 Å². The molecule has 178 valence electrons. The fraction of sp³-hybridized carbons (Fsp3) is 0.480. The fourth-order valence-corrected chi connectivity index (χ4v) is 3.25. The number of rotatable bonds is 3. The molecule has 1 saturated carbocycles. The van der Waals surface area contributed by atoms with Crippen LogP contribution in [0, 0.1) is 29.2 Å². The molecule has 1 N–H and O–H groups in total. The Bertz CT molecular complexity index is 804. The lowest BCUT2D eigenvalue weighted by Gasteiger charge is -2.13. The number of benzene rings is 2. The molecule has 1 aliphatic rings. The summed E-state index contributed by atoms with van der Waals surface area (Å²) in [5.41, 5.74) is -1.01. The third-order valence-corrected chi connectivity index (χ3v) is 5.05. The number of esters is 1. The first-order chi connectivity index (χ1) is 15.3. The van der Waals surface area contributed by atoms with E-state index < -0.39 is 40.6 Å². The van der Waals surface area contributed by atoms with Crippen LogP contribution < -0.4 is 0 Å². The van der Waals surface area contributed by atoms with Gasteiger partial charge in [-0.25, -0.2) is 13.6 Å². The van der Waals surface area contributed by atoms with Crippen LogP contribution in [-0.2, 0) is 11.3 Å². The van der Waals surface area contributed by atoms with E-state index in [1.54, 1.807) is 30.3 Å². The molecule has 3 nitrogen and oxygen atoms in total. The topological polar surface area (TPSA) is 46.5 Å². The molecule has 0 amide bonds. The zero-order valence-corrected chi connectivity index (χ0v) is 18.9. The summed E-state index contributed by atoms with van der Waals surface area (Å²) in [7, 11) is 0. The molecule has 0 saturated heterocycles. The molecule has 0 spiro atoms. The van der Waals surface area contributed by atoms with Gasteiger partial charge in [0.2, 0.25) is 11.6 Å². The van der Waals surface area contributed by atoms with E-state index >= 15 is 0 Å². The Morgan fingerprint density at radius 1 is 0.875 bits per heavy atom. The summed E-state index contributed by atoms with van der Waals surface area (Å²) in [4.78, 5) is 11.6. The van der Waals surface area contributed by atoms with Crippen LogP contribution in [0.4, 0.5) is 17.6 Å². The minimum atomic E-state index is -2.06. The first-order valence-electron chi connectivity index (χ1n) is 11.1. The standard InChI is InChI=1S/C14H8F4O3.C9H18.C2H6/c15-9-8(10(16)12(18)13(19)11(9)17)14(20)21-6-7-4-2-1-3-5-7;1-9-7-5-3-2-4-6-8-9;1-2/h1-5,19H,6H2;9H,2-8H2,1H3;1-2H3. The van der Waals surface area contributed by atoms with Gasteiger partial charge in [-0.2, -0.15) is 8.78 Å². The first kappa shape index (κ1) is 27.5. The molecule has 1 aliphatic carbocycles. The van der Waals surface area contributed by atoms with Crippen LogP contribution in [0.25, 0.3) is 0 Å². The summed E-state index contributed by atoms with van der Waals surface area (Å²) >= 11 is 0. The Morgan fingerprint density at radius 3 is 1.84 bits per heavy atom. The largest absolute Gasteiger partial charge is 0.503 e. The van der Waals surface area contributed by atoms with Crippen LogP contribution >= 0.6 is 0 Å². The number of hydrogen-bond acceptors (Lipinski definition) is 3. The molecule has 0 aromatic heterocycles. The van der Waals surface area contributed by atoms with Gasteiger partial charge >= 0.3 is 5.97 Å². The van der Waals surface area contributed by atoms with Gasteiger partial charge in [-0.1, -0.05) is 96.0 Å². The lowest BCUT2D eigenvalue weighted by molar-refractivity contribution is 0.0458. The lowest BCUT2D eigenvalue weighted by atomic mass is 9.93. The van der Waals surface area contributed by atoms with E-state index in [-0.39, 0.29) is 6.61 Å². The van der Waals surface area contributed by atoms with Crippen molar-refractivity contribution in [2.45, 2.75) is 72.3 Å².